The predicted octanol–water partition coefficient (Wildman–Crippen LogP) is 6.77. The van der Waals surface area contributed by atoms with E-state index in [0.29, 0.717) is 5.92 Å². The fourth-order valence-corrected chi connectivity index (χ4v) is 7.15. The zero-order valence-corrected chi connectivity index (χ0v) is 31.4. The molecule has 6 heterocycles. The molecular weight excluding hydrogens is 694 g/mol. The number of pyridine rings is 2. The number of anilines is 4. The predicted molar refractivity (Wildman–Crippen MR) is 206 cm³/mol. The van der Waals surface area contributed by atoms with Crippen molar-refractivity contribution in [2.75, 3.05) is 50.1 Å². The van der Waals surface area contributed by atoms with Crippen LogP contribution in [0.3, 0.4) is 0 Å². The van der Waals surface area contributed by atoms with Gasteiger partial charge in [0.2, 0.25) is 0 Å². The van der Waals surface area contributed by atoms with E-state index < -0.39 is 12.1 Å². The lowest BCUT2D eigenvalue weighted by molar-refractivity contribution is -0.189. The highest BCUT2D eigenvalue weighted by molar-refractivity contribution is 5.83. The number of rotatable bonds is 8. The lowest BCUT2D eigenvalue weighted by atomic mass is 9.89. The van der Waals surface area contributed by atoms with Crippen LogP contribution in [-0.2, 0) is 31.7 Å². The highest BCUT2D eigenvalue weighted by Crippen LogP contribution is 2.36. The van der Waals surface area contributed by atoms with Crippen molar-refractivity contribution in [1.29, 1.82) is 0 Å². The molecule has 11 nitrogen and oxygen atoms in total. The molecule has 0 bridgehead atoms. The number of carbonyl (C=O) groups is 1. The van der Waals surface area contributed by atoms with Gasteiger partial charge in [-0.2, -0.15) is 13.2 Å². The van der Waals surface area contributed by atoms with Crippen molar-refractivity contribution in [3.8, 4) is 0 Å². The van der Waals surface area contributed by atoms with Crippen LogP contribution in [0.25, 0.3) is 22.1 Å². The van der Waals surface area contributed by atoms with E-state index in [1.54, 1.807) is 12.5 Å². The Balaban J connectivity index is 0.000000171. The summed E-state index contributed by atoms with van der Waals surface area (Å²) in [4.78, 5) is 34.1. The second kappa shape index (κ2) is 14.7. The molecule has 8 rings (SSSR count). The molecule has 0 radical (unpaired) electrons. The van der Waals surface area contributed by atoms with Crippen LogP contribution in [0.1, 0.15) is 47.9 Å². The third kappa shape index (κ3) is 7.09. The number of alkyl halides is 3. The second-order valence-corrected chi connectivity index (χ2v) is 14.1. The molecular formula is C40H45F3N10O. The first-order chi connectivity index (χ1) is 25.9. The number of nitrogens with zero attached hydrogens (tertiary/aromatic N) is 9. The first kappa shape index (κ1) is 36.8. The quantitative estimate of drug-likeness (QED) is 0.183. The molecule has 1 N–H and O–H groups in total. The molecule has 2 aromatic carbocycles. The Hall–Kier alpha value is -5.50. The Morgan fingerprint density at radius 1 is 0.741 bits per heavy atom. The number of nitrogens with one attached hydrogen (secondary N) is 1. The minimum absolute atomic E-state index is 0.0788. The van der Waals surface area contributed by atoms with Crippen LogP contribution in [0.4, 0.5) is 36.2 Å². The van der Waals surface area contributed by atoms with Crippen LogP contribution in [0.15, 0.2) is 73.6 Å². The van der Waals surface area contributed by atoms with E-state index in [4.69, 9.17) is 0 Å². The number of carbonyl (C=O) groups excluding carboxylic acids is 1. The molecule has 0 unspecified atom stereocenters. The van der Waals surface area contributed by atoms with Gasteiger partial charge in [0.1, 0.15) is 22.7 Å². The minimum atomic E-state index is -4.81. The molecule has 2 aliphatic heterocycles. The van der Waals surface area contributed by atoms with E-state index in [0.717, 1.165) is 81.3 Å². The summed E-state index contributed by atoms with van der Waals surface area (Å²) in [6.45, 7) is 6.63. The van der Waals surface area contributed by atoms with Crippen molar-refractivity contribution in [2.24, 2.45) is 14.1 Å². The Morgan fingerprint density at radius 2 is 1.20 bits per heavy atom. The van der Waals surface area contributed by atoms with Crippen LogP contribution in [0.2, 0.25) is 0 Å². The average Bonchev–Trinajstić information content (AvgIpc) is 3.70. The maximum absolute atomic E-state index is 12.6. The van der Waals surface area contributed by atoms with Crippen LogP contribution in [0.5, 0.6) is 0 Å². The normalized spacial score (nSPS) is 14.8. The fraction of sp³-hybridized carbons (Fsp3) is 0.375. The molecule has 0 atom stereocenters. The van der Waals surface area contributed by atoms with Gasteiger partial charge >= 0.3 is 12.1 Å². The van der Waals surface area contributed by atoms with Crippen molar-refractivity contribution in [2.45, 2.75) is 44.7 Å². The summed E-state index contributed by atoms with van der Waals surface area (Å²) in [5.74, 6) is 0.545. The van der Waals surface area contributed by atoms with Crippen LogP contribution >= 0.6 is 0 Å². The number of halogens is 3. The number of aryl methyl sites for hydroxylation is 4. The Morgan fingerprint density at radius 3 is 1.61 bits per heavy atom. The van der Waals surface area contributed by atoms with Crippen LogP contribution in [-0.4, -0.2) is 86.3 Å². The first-order valence-electron chi connectivity index (χ1n) is 18.2. The molecule has 2 saturated heterocycles. The number of hydrogen-bond acceptors (Lipinski definition) is 8. The molecule has 0 spiro atoms. The zero-order chi connectivity index (χ0) is 38.3. The van der Waals surface area contributed by atoms with Gasteiger partial charge < -0.3 is 29.2 Å². The van der Waals surface area contributed by atoms with Crippen molar-refractivity contribution in [3.63, 3.8) is 0 Å². The largest absolute Gasteiger partial charge is 0.471 e. The summed E-state index contributed by atoms with van der Waals surface area (Å²) in [5, 5.41) is 3.35. The molecule has 6 aromatic rings. The Labute approximate surface area is 312 Å². The lowest BCUT2D eigenvalue weighted by Gasteiger charge is -2.40. The van der Waals surface area contributed by atoms with Crippen molar-refractivity contribution < 1.29 is 18.0 Å². The number of benzene rings is 2. The van der Waals surface area contributed by atoms with Gasteiger partial charge in [-0.1, -0.05) is 38.1 Å². The molecule has 2 fully saturated rings. The van der Waals surface area contributed by atoms with E-state index in [-0.39, 0.29) is 19.0 Å². The van der Waals surface area contributed by atoms with Gasteiger partial charge in [0.05, 0.1) is 36.1 Å². The van der Waals surface area contributed by atoms with Crippen LogP contribution in [0, 0.1) is 0 Å². The smallest absolute Gasteiger partial charge is 0.334 e. The number of imidazole rings is 2. The van der Waals surface area contributed by atoms with Gasteiger partial charge in [-0.3, -0.25) is 4.79 Å². The van der Waals surface area contributed by atoms with Gasteiger partial charge in [-0.05, 0) is 47.2 Å². The Kier molecular flexibility index (Phi) is 10.1. The molecule has 4 aromatic heterocycles. The molecule has 0 saturated carbocycles. The third-order valence-corrected chi connectivity index (χ3v) is 10.7. The Bertz CT molecular complexity index is 2310. The van der Waals surface area contributed by atoms with Gasteiger partial charge in [0.15, 0.2) is 0 Å². The van der Waals surface area contributed by atoms with E-state index in [1.165, 1.54) is 16.8 Å². The number of fused-ring (bicyclic) bond motifs is 2. The number of aromatic nitrogens is 6. The average molecular weight is 739 g/mol. The van der Waals surface area contributed by atoms with Gasteiger partial charge in [-0.15, -0.1) is 0 Å². The topological polar surface area (TPSA) is 100 Å². The SMILES string of the molecule is CCc1cc(C2CN(C(=O)C(F)(F)F)C2)ccc1N(C)c1cc2c(cn1)ncn2C.CCc1cc(C2CNC2)ccc1N(C)c1cc2c(cn1)ncn2C. The summed E-state index contributed by atoms with van der Waals surface area (Å²) >= 11 is 0. The fourth-order valence-electron chi connectivity index (χ4n) is 7.15. The van der Waals surface area contributed by atoms with Gasteiger partial charge in [0.25, 0.3) is 0 Å². The van der Waals surface area contributed by atoms with E-state index in [1.807, 2.05) is 78.9 Å². The summed E-state index contributed by atoms with van der Waals surface area (Å²) in [6, 6.07) is 16.9. The zero-order valence-electron chi connectivity index (χ0n) is 31.4. The summed E-state index contributed by atoms with van der Waals surface area (Å²) in [5.41, 5.74) is 10.9. The van der Waals surface area contributed by atoms with E-state index in [9.17, 15) is 18.0 Å². The summed E-state index contributed by atoms with van der Waals surface area (Å²) in [7, 11) is 7.96. The van der Waals surface area contributed by atoms with Crippen LogP contribution < -0.4 is 15.1 Å². The maximum Gasteiger partial charge on any atom is 0.471 e. The second-order valence-electron chi connectivity index (χ2n) is 14.1. The monoisotopic (exact) mass is 738 g/mol. The summed E-state index contributed by atoms with van der Waals surface area (Å²) < 4.78 is 41.7. The highest BCUT2D eigenvalue weighted by Gasteiger charge is 2.46. The summed E-state index contributed by atoms with van der Waals surface area (Å²) in [6.07, 6.45) is 4.13. The van der Waals surface area contributed by atoms with E-state index in [2.05, 4.69) is 68.4 Å². The van der Waals surface area contributed by atoms with Gasteiger partial charge in [-0.25, -0.2) is 19.9 Å². The van der Waals surface area contributed by atoms with Crippen molar-refractivity contribution in [1.82, 2.24) is 39.3 Å². The lowest BCUT2D eigenvalue weighted by Crippen LogP contribution is -2.53. The molecule has 14 heteroatoms. The van der Waals surface area contributed by atoms with Crippen molar-refractivity contribution in [3.05, 3.63) is 95.8 Å². The molecule has 282 valence electrons. The van der Waals surface area contributed by atoms with Gasteiger partial charge in [0, 0.05) is 89.7 Å². The molecule has 54 heavy (non-hydrogen) atoms. The standard InChI is InChI=1S/C21H22F3N5O.C19H23N5/c1-4-13-7-14(15-10-29(11-15)20(30)21(22,23)24)5-6-17(13)28(3)19-8-18-16(9-25-19)26-12-27(18)2;1-4-13-7-14(15-9-20-10-15)5-6-17(13)24(3)19-8-18-16(11-21-19)22-12-23(18)2/h5-9,12,15H,4,10-11H2,1-3H3;5-8,11-12,15,20H,4,9-10H2,1-3H3. The number of likely N-dealkylation sites (tertiary alicyclic amines) is 1. The highest BCUT2D eigenvalue weighted by atomic mass is 19.4. The maximum atomic E-state index is 12.6. The van der Waals surface area contributed by atoms with E-state index >= 15 is 0 Å². The first-order valence-corrected chi connectivity index (χ1v) is 18.2. The molecule has 0 aliphatic carbocycles. The molecule has 2 aliphatic rings. The third-order valence-electron chi connectivity index (χ3n) is 10.7. The van der Waals surface area contributed by atoms with Crippen molar-refractivity contribution >= 4 is 51.0 Å². The number of hydrogen-bond donors (Lipinski definition) is 1. The minimum Gasteiger partial charge on any atom is -0.334 e. The molecule has 1 amide bonds. The number of amides is 1.